The summed E-state index contributed by atoms with van der Waals surface area (Å²) in [6, 6.07) is 117. The molecule has 0 unspecified atom stereocenters. The lowest BCUT2D eigenvalue weighted by atomic mass is 9.92. The molecule has 3 nitrogen and oxygen atoms in total. The predicted molar refractivity (Wildman–Crippen MR) is 344 cm³/mol. The molecule has 0 saturated carbocycles. The van der Waals surface area contributed by atoms with Crippen molar-refractivity contribution in [3.05, 3.63) is 322 Å². The molecule has 15 aromatic rings. The minimum Gasteiger partial charge on any atom is -0.311 e. The highest BCUT2D eigenvalue weighted by Crippen LogP contribution is 2.42. The van der Waals surface area contributed by atoms with Crippen LogP contribution in [-0.4, -0.2) is 4.57 Å². The first-order valence-electron chi connectivity index (χ1n) is 27.8. The maximum absolute atomic E-state index is 2.37. The van der Waals surface area contributed by atoms with Gasteiger partial charge in [0, 0.05) is 50.6 Å². The predicted octanol–water partition coefficient (Wildman–Crippen LogP) is 21.9. The van der Waals surface area contributed by atoms with Gasteiger partial charge in [0.25, 0.3) is 0 Å². The molecule has 0 saturated heterocycles. The van der Waals surface area contributed by atoms with Crippen molar-refractivity contribution >= 4 is 88.2 Å². The van der Waals surface area contributed by atoms with E-state index in [9.17, 15) is 0 Å². The number of anilines is 6. The van der Waals surface area contributed by atoms with Gasteiger partial charge in [-0.15, -0.1) is 0 Å². The lowest BCUT2D eigenvalue weighted by Gasteiger charge is -2.26. The molecule has 0 bridgehead atoms. The van der Waals surface area contributed by atoms with E-state index in [-0.39, 0.29) is 0 Å². The number of hydrogen-bond donors (Lipinski definition) is 0. The second-order valence-corrected chi connectivity index (χ2v) is 20.9. The summed E-state index contributed by atoms with van der Waals surface area (Å²) >= 11 is 0. The highest BCUT2D eigenvalue weighted by Gasteiger charge is 2.18. The van der Waals surface area contributed by atoms with Crippen LogP contribution in [0.2, 0.25) is 0 Å². The number of benzene rings is 14. The molecular weight excluding hydrogens is 979 g/mol. The molecule has 14 aromatic carbocycles. The summed E-state index contributed by atoms with van der Waals surface area (Å²) in [7, 11) is 0. The summed E-state index contributed by atoms with van der Waals surface area (Å²) in [6.07, 6.45) is 0. The minimum absolute atomic E-state index is 1.08. The molecule has 15 rings (SSSR count). The molecule has 0 aliphatic heterocycles. The van der Waals surface area contributed by atoms with Crippen molar-refractivity contribution < 1.29 is 0 Å². The molecular formula is C78H53N3. The van der Waals surface area contributed by atoms with Crippen molar-refractivity contribution in [2.75, 3.05) is 9.80 Å². The lowest BCUT2D eigenvalue weighted by molar-refractivity contribution is 1.18. The second kappa shape index (κ2) is 20.2. The summed E-state index contributed by atoms with van der Waals surface area (Å²) in [5.74, 6) is 0. The average molecular weight is 1030 g/mol. The van der Waals surface area contributed by atoms with Gasteiger partial charge in [-0.25, -0.2) is 0 Å². The summed E-state index contributed by atoms with van der Waals surface area (Å²) in [4.78, 5) is 4.67. The van der Waals surface area contributed by atoms with Gasteiger partial charge in [-0.2, -0.15) is 0 Å². The van der Waals surface area contributed by atoms with Crippen LogP contribution in [0.5, 0.6) is 0 Å². The molecule has 0 aliphatic rings. The van der Waals surface area contributed by atoms with Crippen LogP contribution in [0.1, 0.15) is 0 Å². The van der Waals surface area contributed by atoms with E-state index in [0.29, 0.717) is 0 Å². The zero-order chi connectivity index (χ0) is 53.6. The lowest BCUT2D eigenvalue weighted by Crippen LogP contribution is -2.10. The molecule has 380 valence electrons. The van der Waals surface area contributed by atoms with Gasteiger partial charge in [0.2, 0.25) is 0 Å². The van der Waals surface area contributed by atoms with Crippen LogP contribution in [-0.2, 0) is 0 Å². The smallest absolute Gasteiger partial charge is 0.0541 e. The highest BCUT2D eigenvalue weighted by molar-refractivity contribution is 6.25. The SMILES string of the molecule is c1ccc(N(c2ccccc2)c2ccc(-c3ccc(N(c4ccc(-c5ccc(-c6ccc7c(c6)c6ccccc6n7-c6ccccc6)cc5)cc4)c4ccc(-c5ccc6c7ccccc7c7ccccc7c6c5)cc4)cc3)cc2)cc1. The van der Waals surface area contributed by atoms with Crippen LogP contribution in [0.15, 0.2) is 322 Å². The Bertz CT molecular complexity index is 4670. The molecule has 1 aromatic heterocycles. The summed E-state index contributed by atoms with van der Waals surface area (Å²) < 4.78 is 2.37. The number of nitrogens with zero attached hydrogens (tertiary/aromatic N) is 3. The number of para-hydroxylation sites is 4. The molecule has 0 spiro atoms. The number of fused-ring (bicyclic) bond motifs is 9. The van der Waals surface area contributed by atoms with Crippen molar-refractivity contribution in [2.24, 2.45) is 0 Å². The van der Waals surface area contributed by atoms with Crippen molar-refractivity contribution in [2.45, 2.75) is 0 Å². The van der Waals surface area contributed by atoms with Gasteiger partial charge in [0.1, 0.15) is 0 Å². The summed E-state index contributed by atoms with van der Waals surface area (Å²) in [5, 5.41) is 10.2. The Balaban J connectivity index is 0.756. The first-order chi connectivity index (χ1) is 40.2. The van der Waals surface area contributed by atoms with E-state index >= 15 is 0 Å². The van der Waals surface area contributed by atoms with Crippen LogP contribution in [0, 0.1) is 0 Å². The monoisotopic (exact) mass is 1030 g/mol. The van der Waals surface area contributed by atoms with Gasteiger partial charge >= 0.3 is 0 Å². The Morgan fingerprint density at radius 2 is 0.444 bits per heavy atom. The van der Waals surface area contributed by atoms with E-state index in [4.69, 9.17) is 0 Å². The van der Waals surface area contributed by atoms with Crippen molar-refractivity contribution in [1.29, 1.82) is 0 Å². The number of rotatable bonds is 11. The Hall–Kier alpha value is -10.7. The van der Waals surface area contributed by atoms with Gasteiger partial charge in [-0.1, -0.05) is 212 Å². The van der Waals surface area contributed by atoms with Gasteiger partial charge in [0.05, 0.1) is 11.0 Å². The largest absolute Gasteiger partial charge is 0.311 e. The second-order valence-electron chi connectivity index (χ2n) is 20.9. The third-order valence-electron chi connectivity index (χ3n) is 16.2. The molecule has 0 fully saturated rings. The van der Waals surface area contributed by atoms with Gasteiger partial charge < -0.3 is 14.4 Å². The topological polar surface area (TPSA) is 11.4 Å². The molecule has 81 heavy (non-hydrogen) atoms. The van der Waals surface area contributed by atoms with E-state index in [2.05, 4.69) is 336 Å². The molecule has 3 heteroatoms. The Morgan fingerprint density at radius 3 is 0.877 bits per heavy atom. The van der Waals surface area contributed by atoms with E-state index in [1.54, 1.807) is 0 Å². The zero-order valence-corrected chi connectivity index (χ0v) is 44.4. The molecule has 1 heterocycles. The third kappa shape index (κ3) is 8.66. The molecule has 0 N–H and O–H groups in total. The first-order valence-corrected chi connectivity index (χ1v) is 27.8. The normalized spacial score (nSPS) is 11.5. The van der Waals surface area contributed by atoms with Crippen LogP contribution in [0.25, 0.3) is 104 Å². The van der Waals surface area contributed by atoms with Crippen molar-refractivity contribution in [3.8, 4) is 50.2 Å². The third-order valence-corrected chi connectivity index (χ3v) is 16.2. The fraction of sp³-hybridized carbons (Fsp3) is 0. The number of aromatic nitrogens is 1. The Labute approximate surface area is 471 Å². The standard InChI is InChI=1S/C78H53N3/c1-4-16-62(17-5-1)79(63-18-6-2-7-19-63)65-42-34-56(35-43-65)57-36-46-67(47-37-57)80(68-48-38-59(39-49-68)60-40-50-73-71-24-11-10-22-69(71)70-23-12-13-25-72(70)75(73)52-60)66-44-32-55(33-45-66)54-28-30-58(31-29-54)61-41-51-78-76(53-61)74-26-14-15-27-77(74)81(78)64-20-8-3-9-21-64/h1-53H. The van der Waals surface area contributed by atoms with Crippen molar-refractivity contribution in [3.63, 3.8) is 0 Å². The Morgan fingerprint density at radius 1 is 0.173 bits per heavy atom. The highest BCUT2D eigenvalue weighted by atomic mass is 15.1. The van der Waals surface area contributed by atoms with E-state index in [1.807, 2.05) is 0 Å². The van der Waals surface area contributed by atoms with E-state index in [0.717, 1.165) is 50.8 Å². The first kappa shape index (κ1) is 47.5. The van der Waals surface area contributed by atoms with Crippen LogP contribution in [0.3, 0.4) is 0 Å². The summed E-state index contributed by atoms with van der Waals surface area (Å²) in [6.45, 7) is 0. The Kier molecular flexibility index (Phi) is 11.9. The number of hydrogen-bond acceptors (Lipinski definition) is 2. The average Bonchev–Trinajstić information content (AvgIpc) is 4.17. The van der Waals surface area contributed by atoms with E-state index in [1.165, 1.54) is 87.6 Å². The van der Waals surface area contributed by atoms with Crippen LogP contribution >= 0.6 is 0 Å². The molecule has 0 atom stereocenters. The quantitative estimate of drug-likeness (QED) is 0.120. The van der Waals surface area contributed by atoms with Crippen molar-refractivity contribution in [1.82, 2.24) is 4.57 Å². The van der Waals surface area contributed by atoms with Gasteiger partial charge in [-0.3, -0.25) is 0 Å². The zero-order valence-electron chi connectivity index (χ0n) is 44.4. The van der Waals surface area contributed by atoms with Crippen LogP contribution in [0.4, 0.5) is 34.1 Å². The fourth-order valence-corrected chi connectivity index (χ4v) is 12.2. The maximum Gasteiger partial charge on any atom is 0.0541 e. The molecule has 0 radical (unpaired) electrons. The van der Waals surface area contributed by atoms with Crippen LogP contribution < -0.4 is 9.80 Å². The van der Waals surface area contributed by atoms with E-state index < -0.39 is 0 Å². The van der Waals surface area contributed by atoms with Gasteiger partial charge in [0.15, 0.2) is 0 Å². The molecule has 0 aliphatic carbocycles. The maximum atomic E-state index is 2.37. The summed E-state index contributed by atoms with van der Waals surface area (Å²) in [5.41, 5.74) is 19.6. The minimum atomic E-state index is 1.08. The van der Waals surface area contributed by atoms with Gasteiger partial charge in [-0.05, 0) is 186 Å². The fourth-order valence-electron chi connectivity index (χ4n) is 12.2. The molecule has 0 amide bonds.